The lowest BCUT2D eigenvalue weighted by molar-refractivity contribution is -0.143. The number of aromatic nitrogens is 1. The van der Waals surface area contributed by atoms with Crippen molar-refractivity contribution in [2.24, 2.45) is 0 Å². The van der Waals surface area contributed by atoms with Gasteiger partial charge in [0.15, 0.2) is 6.04 Å². The summed E-state index contributed by atoms with van der Waals surface area (Å²) in [6, 6.07) is 25.2. The molecule has 1 atom stereocenters. The van der Waals surface area contributed by atoms with Crippen LogP contribution in [0.3, 0.4) is 0 Å². The van der Waals surface area contributed by atoms with Crippen LogP contribution in [0, 0.1) is 0 Å². The first-order chi connectivity index (χ1) is 15.7. The molecule has 4 aromatic rings. The fourth-order valence-electron chi connectivity index (χ4n) is 3.55. The minimum atomic E-state index is -0.909. The molecule has 0 aliphatic carbocycles. The number of nitrogens with one attached hydrogen (secondary N) is 1. The molecule has 6 nitrogen and oxygen atoms in total. The molecule has 0 spiro atoms. The van der Waals surface area contributed by atoms with Crippen molar-refractivity contribution in [2.45, 2.75) is 12.6 Å². The first-order valence-corrected chi connectivity index (χ1v) is 10.4. The van der Waals surface area contributed by atoms with Gasteiger partial charge in [0.25, 0.3) is 5.91 Å². The molecule has 0 aliphatic rings. The summed E-state index contributed by atoms with van der Waals surface area (Å²) in [7, 11) is 1.30. The molecule has 4 rings (SSSR count). The molecule has 162 valence electrons. The molecule has 6 heteroatoms. The molecular weight excluding hydrogens is 404 g/mol. The van der Waals surface area contributed by atoms with Gasteiger partial charge in [-0.05, 0) is 47.3 Å². The number of amides is 1. The first kappa shape index (κ1) is 21.2. The number of rotatable bonds is 8. The Kier molecular flexibility index (Phi) is 6.51. The lowest BCUT2D eigenvalue weighted by Gasteiger charge is -2.17. The largest absolute Gasteiger partial charge is 0.492 e. The van der Waals surface area contributed by atoms with E-state index < -0.39 is 12.0 Å². The Labute approximate surface area is 186 Å². The van der Waals surface area contributed by atoms with Crippen LogP contribution in [0.25, 0.3) is 10.9 Å². The number of para-hydroxylation sites is 1. The summed E-state index contributed by atoms with van der Waals surface area (Å²) in [5.41, 5.74) is 2.25. The second kappa shape index (κ2) is 9.83. The Morgan fingerprint density at radius 1 is 0.906 bits per heavy atom. The Balaban J connectivity index is 1.40. The predicted molar refractivity (Wildman–Crippen MR) is 123 cm³/mol. The fraction of sp³-hybridized carbons (Fsp3) is 0.154. The maximum Gasteiger partial charge on any atom is 0.333 e. The van der Waals surface area contributed by atoms with Crippen LogP contribution >= 0.6 is 0 Å². The van der Waals surface area contributed by atoms with E-state index in [1.54, 1.807) is 48.5 Å². The van der Waals surface area contributed by atoms with Crippen LogP contribution in [0.5, 0.6) is 5.75 Å². The van der Waals surface area contributed by atoms with Gasteiger partial charge >= 0.3 is 5.97 Å². The van der Waals surface area contributed by atoms with E-state index in [4.69, 9.17) is 9.47 Å². The van der Waals surface area contributed by atoms with Crippen molar-refractivity contribution in [1.82, 2.24) is 9.88 Å². The number of ether oxygens (including phenoxy) is 2. The highest BCUT2D eigenvalue weighted by Gasteiger charge is 2.24. The minimum absolute atomic E-state index is 0.347. The molecule has 3 aromatic carbocycles. The molecule has 32 heavy (non-hydrogen) atoms. The zero-order chi connectivity index (χ0) is 22.3. The summed E-state index contributed by atoms with van der Waals surface area (Å²) >= 11 is 0. The smallest absolute Gasteiger partial charge is 0.333 e. The van der Waals surface area contributed by atoms with Crippen LogP contribution in [0.2, 0.25) is 0 Å². The summed E-state index contributed by atoms with van der Waals surface area (Å²) in [6.07, 6.45) is 2.05. The fourth-order valence-corrected chi connectivity index (χ4v) is 3.55. The van der Waals surface area contributed by atoms with Gasteiger partial charge < -0.3 is 19.4 Å². The normalized spacial score (nSPS) is 11.7. The number of benzene rings is 3. The first-order valence-electron chi connectivity index (χ1n) is 10.4. The predicted octanol–water partition coefficient (Wildman–Crippen LogP) is 4.36. The topological polar surface area (TPSA) is 69.6 Å². The van der Waals surface area contributed by atoms with E-state index >= 15 is 0 Å². The number of hydrogen-bond donors (Lipinski definition) is 1. The summed E-state index contributed by atoms with van der Waals surface area (Å²) in [6.45, 7) is 1.22. The highest BCUT2D eigenvalue weighted by molar-refractivity contribution is 5.97. The third-order valence-corrected chi connectivity index (χ3v) is 5.24. The second-order valence-corrected chi connectivity index (χ2v) is 7.28. The molecule has 0 bridgehead atoms. The molecule has 1 heterocycles. The van der Waals surface area contributed by atoms with Gasteiger partial charge in [-0.25, -0.2) is 4.79 Å². The summed E-state index contributed by atoms with van der Waals surface area (Å²) < 4.78 is 12.9. The summed E-state index contributed by atoms with van der Waals surface area (Å²) in [5, 5.41) is 3.94. The lowest BCUT2D eigenvalue weighted by Crippen LogP contribution is -2.34. The Morgan fingerprint density at radius 3 is 2.38 bits per heavy atom. The van der Waals surface area contributed by atoms with Gasteiger partial charge in [-0.2, -0.15) is 0 Å². The summed E-state index contributed by atoms with van der Waals surface area (Å²) in [5.74, 6) is -0.203. The van der Waals surface area contributed by atoms with Crippen molar-refractivity contribution in [3.8, 4) is 5.75 Å². The Morgan fingerprint density at radius 2 is 1.62 bits per heavy atom. The molecular formula is C26H24N2O4. The zero-order valence-electron chi connectivity index (χ0n) is 17.7. The van der Waals surface area contributed by atoms with Crippen molar-refractivity contribution in [3.63, 3.8) is 0 Å². The van der Waals surface area contributed by atoms with Crippen LogP contribution in [0.15, 0.2) is 91.1 Å². The van der Waals surface area contributed by atoms with Crippen molar-refractivity contribution in [2.75, 3.05) is 13.7 Å². The molecule has 0 saturated carbocycles. The Bertz CT molecular complexity index is 1200. The van der Waals surface area contributed by atoms with Crippen molar-refractivity contribution in [3.05, 3.63) is 102 Å². The number of carbonyl (C=O) groups is 2. The second-order valence-electron chi connectivity index (χ2n) is 7.28. The molecule has 0 saturated heterocycles. The van der Waals surface area contributed by atoms with Crippen LogP contribution in [0.1, 0.15) is 22.0 Å². The van der Waals surface area contributed by atoms with E-state index in [0.717, 1.165) is 0 Å². The molecule has 1 amide bonds. The standard InChI is InChI=1S/C26H24N2O4/c1-31-26(30)24(27-25(29)21-8-3-2-4-9-21)20-11-13-22(14-12-20)32-18-17-28-16-15-19-7-5-6-10-23(19)28/h2-16,24H,17-18H2,1H3,(H,27,29)/t24-/m0/s1. The van der Waals surface area contributed by atoms with Gasteiger partial charge in [-0.3, -0.25) is 4.79 Å². The number of methoxy groups -OCH3 is 1. The third-order valence-electron chi connectivity index (χ3n) is 5.24. The van der Waals surface area contributed by atoms with Crippen LogP contribution in [0.4, 0.5) is 0 Å². The minimum Gasteiger partial charge on any atom is -0.492 e. The highest BCUT2D eigenvalue weighted by atomic mass is 16.5. The molecule has 0 unspecified atom stereocenters. The molecule has 1 N–H and O–H groups in total. The monoisotopic (exact) mass is 428 g/mol. The third kappa shape index (κ3) is 4.81. The van der Waals surface area contributed by atoms with Crippen molar-refractivity contribution < 1.29 is 19.1 Å². The van der Waals surface area contributed by atoms with Crippen LogP contribution < -0.4 is 10.1 Å². The number of fused-ring (bicyclic) bond motifs is 1. The SMILES string of the molecule is COC(=O)[C@@H](NC(=O)c1ccccc1)c1ccc(OCCn2ccc3ccccc32)cc1. The molecule has 0 aliphatic heterocycles. The molecule has 0 radical (unpaired) electrons. The van der Waals surface area contributed by atoms with Gasteiger partial charge in [-0.15, -0.1) is 0 Å². The quantitative estimate of drug-likeness (QED) is 0.423. The molecule has 0 fully saturated rings. The van der Waals surface area contributed by atoms with Crippen molar-refractivity contribution >= 4 is 22.8 Å². The van der Waals surface area contributed by atoms with E-state index in [0.29, 0.717) is 30.0 Å². The maximum atomic E-state index is 12.5. The molecule has 1 aromatic heterocycles. The van der Waals surface area contributed by atoms with Crippen LogP contribution in [-0.2, 0) is 16.1 Å². The van der Waals surface area contributed by atoms with Gasteiger partial charge in [0.2, 0.25) is 0 Å². The number of esters is 1. The average molecular weight is 428 g/mol. The van der Waals surface area contributed by atoms with E-state index in [1.165, 1.54) is 18.0 Å². The van der Waals surface area contributed by atoms with Crippen molar-refractivity contribution in [1.29, 1.82) is 0 Å². The van der Waals surface area contributed by atoms with Crippen LogP contribution in [-0.4, -0.2) is 30.2 Å². The van der Waals surface area contributed by atoms with E-state index in [9.17, 15) is 9.59 Å². The Hall–Kier alpha value is -4.06. The van der Waals surface area contributed by atoms with Gasteiger partial charge in [0, 0.05) is 17.3 Å². The summed E-state index contributed by atoms with van der Waals surface area (Å²) in [4.78, 5) is 24.8. The average Bonchev–Trinajstić information content (AvgIpc) is 3.26. The number of nitrogens with zero attached hydrogens (tertiary/aromatic N) is 1. The van der Waals surface area contributed by atoms with Gasteiger partial charge in [-0.1, -0.05) is 48.5 Å². The maximum absolute atomic E-state index is 12.5. The van der Waals surface area contributed by atoms with E-state index in [1.807, 2.05) is 24.4 Å². The number of carbonyl (C=O) groups excluding carboxylic acids is 2. The van der Waals surface area contributed by atoms with Gasteiger partial charge in [0.1, 0.15) is 12.4 Å². The van der Waals surface area contributed by atoms with E-state index in [-0.39, 0.29) is 5.91 Å². The van der Waals surface area contributed by atoms with Gasteiger partial charge in [0.05, 0.1) is 13.7 Å². The highest BCUT2D eigenvalue weighted by Crippen LogP contribution is 2.20. The zero-order valence-corrected chi connectivity index (χ0v) is 17.7. The lowest BCUT2D eigenvalue weighted by atomic mass is 10.1. The van der Waals surface area contributed by atoms with E-state index in [2.05, 4.69) is 28.1 Å². The number of hydrogen-bond acceptors (Lipinski definition) is 4.